The molecule has 0 aliphatic carbocycles. The van der Waals surface area contributed by atoms with E-state index in [4.69, 9.17) is 26.3 Å². The summed E-state index contributed by atoms with van der Waals surface area (Å²) in [4.78, 5) is 30.2. The highest BCUT2D eigenvalue weighted by atomic mass is 16.5. The van der Waals surface area contributed by atoms with Gasteiger partial charge in [-0.2, -0.15) is 0 Å². The number of azide groups is 2. The number of rotatable bonds is 11. The van der Waals surface area contributed by atoms with Crippen LogP contribution in [-0.2, 0) is 9.47 Å². The summed E-state index contributed by atoms with van der Waals surface area (Å²) in [6.07, 6.45) is 0. The molecule has 0 saturated heterocycles. The summed E-state index contributed by atoms with van der Waals surface area (Å²) in [6.45, 7) is 2.82. The van der Waals surface area contributed by atoms with Crippen LogP contribution in [0.4, 0.5) is 0 Å². The number of fused-ring (bicyclic) bond motifs is 1. The van der Waals surface area contributed by atoms with Crippen LogP contribution in [0.1, 0.15) is 20.7 Å². The van der Waals surface area contributed by atoms with Gasteiger partial charge in [-0.1, -0.05) is 22.4 Å². The van der Waals surface area contributed by atoms with Crippen molar-refractivity contribution < 1.29 is 19.1 Å². The van der Waals surface area contributed by atoms with Gasteiger partial charge in [0.2, 0.25) is 0 Å². The zero-order valence-electron chi connectivity index (χ0n) is 15.3. The van der Waals surface area contributed by atoms with E-state index in [1.165, 1.54) is 0 Å². The van der Waals surface area contributed by atoms with Crippen molar-refractivity contribution in [2.45, 2.75) is 0 Å². The van der Waals surface area contributed by atoms with Crippen LogP contribution in [-0.4, -0.2) is 69.3 Å². The number of carbonyl (C=O) groups is 2. The maximum absolute atomic E-state index is 12.0. The normalized spacial score (nSPS) is 11.8. The Morgan fingerprint density at radius 2 is 1.39 bits per heavy atom. The van der Waals surface area contributed by atoms with E-state index in [0.29, 0.717) is 37.4 Å². The van der Waals surface area contributed by atoms with Crippen LogP contribution in [0, 0.1) is 0 Å². The Labute approximate surface area is 161 Å². The van der Waals surface area contributed by atoms with E-state index in [-0.39, 0.29) is 38.1 Å². The second kappa shape index (κ2) is 14.0. The quantitative estimate of drug-likeness (QED) is 0.199. The maximum Gasteiger partial charge on any atom is 0.261 e. The zero-order chi connectivity index (χ0) is 20.6. The topological polar surface area (TPSA) is 179 Å². The van der Waals surface area contributed by atoms with Crippen molar-refractivity contribution in [2.24, 2.45) is 16.0 Å². The number of hydrogen-bond donors (Lipinski definition) is 1. The third-order valence-corrected chi connectivity index (χ3v) is 3.40. The predicted molar refractivity (Wildman–Crippen MR) is 101 cm³/mol. The molecule has 12 heteroatoms. The first-order valence-electron chi connectivity index (χ1n) is 8.49. The lowest BCUT2D eigenvalue weighted by atomic mass is 10.1. The monoisotopic (exact) mass is 390 g/mol. The van der Waals surface area contributed by atoms with Gasteiger partial charge in [-0.25, -0.2) is 0 Å². The molecule has 0 atom stereocenters. The lowest BCUT2D eigenvalue weighted by Gasteiger charge is -2.13. The highest BCUT2D eigenvalue weighted by Crippen LogP contribution is 2.21. The number of carbonyl (C=O) groups excluding carboxylic acids is 2. The summed E-state index contributed by atoms with van der Waals surface area (Å²) in [5.41, 5.74) is 21.8. The van der Waals surface area contributed by atoms with Crippen LogP contribution >= 0.6 is 0 Å². The van der Waals surface area contributed by atoms with Crippen LogP contribution < -0.4 is 5.73 Å². The molecule has 1 aromatic rings. The molecule has 1 aliphatic rings. The van der Waals surface area contributed by atoms with Crippen molar-refractivity contribution in [1.29, 1.82) is 0 Å². The first kappa shape index (κ1) is 22.9. The molecule has 0 radical (unpaired) electrons. The number of nitrogens with two attached hydrogens (primary N) is 1. The predicted octanol–water partition coefficient (Wildman–Crippen LogP) is 1.88. The van der Waals surface area contributed by atoms with Crippen molar-refractivity contribution >= 4 is 11.8 Å². The molecule has 1 aromatic carbocycles. The van der Waals surface area contributed by atoms with Crippen molar-refractivity contribution in [3.8, 4) is 0 Å². The first-order chi connectivity index (χ1) is 13.7. The molecule has 0 bridgehead atoms. The van der Waals surface area contributed by atoms with E-state index in [9.17, 15) is 9.59 Å². The molecule has 12 nitrogen and oxygen atoms in total. The Morgan fingerprint density at radius 3 is 1.86 bits per heavy atom. The smallest absolute Gasteiger partial charge is 0.261 e. The standard InChI is InChI=1S/C12H12N4O3.C4H10N4O/c13-15-14-5-7-19-8-6-16-11(17)9-3-1-2-4-10(9)12(16)18;5-1-3-9-4-2-7-8-6/h1-4H,5-8H2;1-5H2. The molecular formula is C16H22N8O4. The Balaban J connectivity index is 0.000000370. The van der Waals surface area contributed by atoms with Gasteiger partial charge in [0, 0.05) is 29.5 Å². The second-order valence-corrected chi connectivity index (χ2v) is 5.23. The number of nitrogens with zero attached hydrogens (tertiary/aromatic N) is 7. The Kier molecular flexibility index (Phi) is 11.4. The molecule has 0 unspecified atom stereocenters. The minimum Gasteiger partial charge on any atom is -0.380 e. The number of amides is 2. The first-order valence-corrected chi connectivity index (χ1v) is 8.49. The van der Waals surface area contributed by atoms with Gasteiger partial charge in [-0.3, -0.25) is 14.5 Å². The molecule has 0 saturated carbocycles. The van der Waals surface area contributed by atoms with Crippen molar-refractivity contribution in [3.05, 3.63) is 56.3 Å². The molecule has 0 fully saturated rings. The molecule has 2 N–H and O–H groups in total. The highest BCUT2D eigenvalue weighted by molar-refractivity contribution is 6.21. The van der Waals surface area contributed by atoms with Crippen molar-refractivity contribution in [1.82, 2.24) is 4.90 Å². The Morgan fingerprint density at radius 1 is 0.893 bits per heavy atom. The fourth-order valence-corrected chi connectivity index (χ4v) is 2.19. The summed E-state index contributed by atoms with van der Waals surface area (Å²) in [5.74, 6) is -0.585. The third-order valence-electron chi connectivity index (χ3n) is 3.40. The summed E-state index contributed by atoms with van der Waals surface area (Å²) in [6, 6.07) is 6.73. The zero-order valence-corrected chi connectivity index (χ0v) is 15.3. The maximum atomic E-state index is 12.0. The molecule has 0 spiro atoms. The fraction of sp³-hybridized carbons (Fsp3) is 0.500. The van der Waals surface area contributed by atoms with Gasteiger partial charge in [0.25, 0.3) is 11.8 Å². The Hall–Kier alpha value is -3.14. The van der Waals surface area contributed by atoms with Gasteiger partial charge in [-0.05, 0) is 23.2 Å². The molecular weight excluding hydrogens is 368 g/mol. The van der Waals surface area contributed by atoms with Gasteiger partial charge in [0.15, 0.2) is 0 Å². The average Bonchev–Trinajstić information content (AvgIpc) is 2.96. The van der Waals surface area contributed by atoms with Crippen molar-refractivity contribution in [2.75, 3.05) is 52.6 Å². The van der Waals surface area contributed by atoms with Crippen LogP contribution in [0.15, 0.2) is 34.5 Å². The Bertz CT molecular complexity index is 709. The molecule has 2 rings (SSSR count). The van der Waals surface area contributed by atoms with Gasteiger partial charge in [0.05, 0.1) is 44.1 Å². The molecule has 150 valence electrons. The summed E-state index contributed by atoms with van der Waals surface area (Å²) < 4.78 is 10.1. The van der Waals surface area contributed by atoms with Crippen LogP contribution in [0.25, 0.3) is 20.9 Å². The van der Waals surface area contributed by atoms with Crippen LogP contribution in [0.3, 0.4) is 0 Å². The van der Waals surface area contributed by atoms with Crippen LogP contribution in [0.5, 0.6) is 0 Å². The lowest BCUT2D eigenvalue weighted by molar-refractivity contribution is 0.0570. The van der Waals surface area contributed by atoms with Gasteiger partial charge in [-0.15, -0.1) is 0 Å². The van der Waals surface area contributed by atoms with Gasteiger partial charge >= 0.3 is 0 Å². The number of ether oxygens (including phenoxy) is 2. The van der Waals surface area contributed by atoms with E-state index in [1.807, 2.05) is 0 Å². The summed E-state index contributed by atoms with van der Waals surface area (Å²) in [5, 5.41) is 6.57. The van der Waals surface area contributed by atoms with E-state index in [1.54, 1.807) is 24.3 Å². The molecule has 0 aromatic heterocycles. The number of hydrogen-bond acceptors (Lipinski definition) is 7. The summed E-state index contributed by atoms with van der Waals surface area (Å²) in [7, 11) is 0. The largest absolute Gasteiger partial charge is 0.380 e. The van der Waals surface area contributed by atoms with Gasteiger partial charge < -0.3 is 15.2 Å². The molecule has 2 amide bonds. The van der Waals surface area contributed by atoms with Gasteiger partial charge in [0.1, 0.15) is 0 Å². The van der Waals surface area contributed by atoms with Crippen LogP contribution in [0.2, 0.25) is 0 Å². The number of imide groups is 1. The minimum atomic E-state index is -0.292. The fourth-order valence-electron chi connectivity index (χ4n) is 2.19. The highest BCUT2D eigenvalue weighted by Gasteiger charge is 2.34. The second-order valence-electron chi connectivity index (χ2n) is 5.23. The number of benzene rings is 1. The minimum absolute atomic E-state index is 0.197. The molecule has 1 heterocycles. The SMILES string of the molecule is [N-]=[N+]=NCCOCCN.[N-]=[N+]=NCCOCCN1C(=O)c2ccccc2C1=O. The molecule has 28 heavy (non-hydrogen) atoms. The van der Waals surface area contributed by atoms with E-state index in [0.717, 1.165) is 4.90 Å². The third kappa shape index (κ3) is 7.62. The van der Waals surface area contributed by atoms with E-state index < -0.39 is 0 Å². The van der Waals surface area contributed by atoms with Crippen molar-refractivity contribution in [3.63, 3.8) is 0 Å². The van der Waals surface area contributed by atoms with E-state index in [2.05, 4.69) is 20.1 Å². The average molecular weight is 390 g/mol. The molecule has 1 aliphatic heterocycles. The summed E-state index contributed by atoms with van der Waals surface area (Å²) >= 11 is 0. The lowest BCUT2D eigenvalue weighted by Crippen LogP contribution is -2.33. The van der Waals surface area contributed by atoms with E-state index >= 15 is 0 Å².